The van der Waals surface area contributed by atoms with Crippen LogP contribution < -0.4 is 10.6 Å². The van der Waals surface area contributed by atoms with Gasteiger partial charge in [0, 0.05) is 23.2 Å². The molecule has 0 heterocycles. The Morgan fingerprint density at radius 2 is 1.65 bits per heavy atom. The van der Waals surface area contributed by atoms with Gasteiger partial charge in [0.25, 0.3) is 5.91 Å². The third-order valence-electron chi connectivity index (χ3n) is 3.57. The molecule has 2 amide bonds. The van der Waals surface area contributed by atoms with Gasteiger partial charge >= 0.3 is 0 Å². The van der Waals surface area contributed by atoms with E-state index >= 15 is 0 Å². The largest absolute Gasteiger partial charge is 0.347 e. The van der Waals surface area contributed by atoms with Crippen molar-refractivity contribution in [2.24, 2.45) is 0 Å². The van der Waals surface area contributed by atoms with E-state index in [0.717, 1.165) is 5.56 Å². The first-order valence-electron chi connectivity index (χ1n) is 8.31. The number of amides is 2. The van der Waals surface area contributed by atoms with Gasteiger partial charge in [0.15, 0.2) is 0 Å². The topological polar surface area (TPSA) is 58.2 Å². The number of hydrogen-bond acceptors (Lipinski definition) is 2. The van der Waals surface area contributed by atoms with Crippen LogP contribution in [0.1, 0.15) is 43.1 Å². The standard InChI is InChI=1S/C20H22Cl2N2O2/c1-20(2,3)24-19(26)14-7-10-15(11-8-14)23-17(25)12-9-13-5-4-6-16(21)18(13)22/h4-8,10-11H,9,12H2,1-3H3,(H,23,25)(H,24,26). The summed E-state index contributed by atoms with van der Waals surface area (Å²) in [6.45, 7) is 5.77. The smallest absolute Gasteiger partial charge is 0.251 e. The summed E-state index contributed by atoms with van der Waals surface area (Å²) in [4.78, 5) is 24.2. The molecule has 0 saturated heterocycles. The molecule has 0 atom stereocenters. The summed E-state index contributed by atoms with van der Waals surface area (Å²) in [7, 11) is 0. The zero-order valence-electron chi connectivity index (χ0n) is 15.0. The lowest BCUT2D eigenvalue weighted by molar-refractivity contribution is -0.116. The van der Waals surface area contributed by atoms with Gasteiger partial charge in [0.2, 0.25) is 5.91 Å². The molecule has 6 heteroatoms. The third kappa shape index (κ3) is 6.04. The molecule has 2 rings (SSSR count). The Morgan fingerprint density at radius 1 is 1.00 bits per heavy atom. The summed E-state index contributed by atoms with van der Waals surface area (Å²) in [6, 6.07) is 12.2. The molecule has 0 unspecified atom stereocenters. The van der Waals surface area contributed by atoms with Crippen molar-refractivity contribution in [3.05, 3.63) is 63.6 Å². The van der Waals surface area contributed by atoms with Crippen LogP contribution in [0.2, 0.25) is 10.0 Å². The molecule has 4 nitrogen and oxygen atoms in total. The molecule has 0 aliphatic heterocycles. The van der Waals surface area contributed by atoms with Crippen molar-refractivity contribution in [3.8, 4) is 0 Å². The van der Waals surface area contributed by atoms with Crippen molar-refractivity contribution >= 4 is 40.7 Å². The second kappa shape index (κ2) is 8.56. The molecule has 0 spiro atoms. The summed E-state index contributed by atoms with van der Waals surface area (Å²) in [5, 5.41) is 6.67. The van der Waals surface area contributed by atoms with Crippen LogP contribution in [0.5, 0.6) is 0 Å². The second-order valence-corrected chi connectivity index (χ2v) is 7.83. The van der Waals surface area contributed by atoms with Gasteiger partial charge in [-0.3, -0.25) is 9.59 Å². The van der Waals surface area contributed by atoms with Gasteiger partial charge < -0.3 is 10.6 Å². The Bertz CT molecular complexity index is 796. The first kappa shape index (κ1) is 20.3. The van der Waals surface area contributed by atoms with Crippen molar-refractivity contribution in [1.29, 1.82) is 0 Å². The lowest BCUT2D eigenvalue weighted by Crippen LogP contribution is -2.40. The van der Waals surface area contributed by atoms with Gasteiger partial charge in [-0.25, -0.2) is 0 Å². The predicted molar refractivity (Wildman–Crippen MR) is 107 cm³/mol. The Kier molecular flexibility index (Phi) is 6.68. The highest BCUT2D eigenvalue weighted by molar-refractivity contribution is 6.42. The number of carbonyl (C=O) groups is 2. The van der Waals surface area contributed by atoms with Crippen LogP contribution in [0.3, 0.4) is 0 Å². The quantitative estimate of drug-likeness (QED) is 0.743. The molecule has 138 valence electrons. The summed E-state index contributed by atoms with van der Waals surface area (Å²) >= 11 is 12.1. The van der Waals surface area contributed by atoms with Gasteiger partial charge in [-0.15, -0.1) is 0 Å². The number of halogens is 2. The molecule has 0 aliphatic carbocycles. The molecule has 0 aromatic heterocycles. The predicted octanol–water partition coefficient (Wildman–Crippen LogP) is 5.09. The monoisotopic (exact) mass is 392 g/mol. The lowest BCUT2D eigenvalue weighted by atomic mass is 10.1. The van der Waals surface area contributed by atoms with E-state index in [0.29, 0.717) is 27.7 Å². The fourth-order valence-corrected chi connectivity index (χ4v) is 2.75. The van der Waals surface area contributed by atoms with Crippen LogP contribution in [0.15, 0.2) is 42.5 Å². The highest BCUT2D eigenvalue weighted by atomic mass is 35.5. The number of nitrogens with one attached hydrogen (secondary N) is 2. The highest BCUT2D eigenvalue weighted by Crippen LogP contribution is 2.26. The Morgan fingerprint density at radius 3 is 2.27 bits per heavy atom. The van der Waals surface area contributed by atoms with Crippen LogP contribution in [-0.2, 0) is 11.2 Å². The van der Waals surface area contributed by atoms with Gasteiger partial charge in [-0.05, 0) is 63.1 Å². The Balaban J connectivity index is 1.91. The minimum atomic E-state index is -0.300. The average Bonchev–Trinajstić information content (AvgIpc) is 2.55. The minimum absolute atomic E-state index is 0.132. The normalized spacial score (nSPS) is 11.1. The number of benzene rings is 2. The maximum atomic E-state index is 12.1. The van der Waals surface area contributed by atoms with Crippen LogP contribution in [0.4, 0.5) is 5.69 Å². The van der Waals surface area contributed by atoms with E-state index in [2.05, 4.69) is 10.6 Å². The number of hydrogen-bond donors (Lipinski definition) is 2. The van der Waals surface area contributed by atoms with E-state index in [-0.39, 0.29) is 23.8 Å². The van der Waals surface area contributed by atoms with Crippen molar-refractivity contribution in [2.75, 3.05) is 5.32 Å². The highest BCUT2D eigenvalue weighted by Gasteiger charge is 2.15. The molecule has 0 radical (unpaired) electrons. The van der Waals surface area contributed by atoms with Gasteiger partial charge in [0.05, 0.1) is 10.0 Å². The van der Waals surface area contributed by atoms with Crippen molar-refractivity contribution in [2.45, 2.75) is 39.2 Å². The van der Waals surface area contributed by atoms with Crippen molar-refractivity contribution in [1.82, 2.24) is 5.32 Å². The molecular weight excluding hydrogens is 371 g/mol. The molecule has 0 fully saturated rings. The lowest BCUT2D eigenvalue weighted by Gasteiger charge is -2.20. The van der Waals surface area contributed by atoms with Crippen molar-refractivity contribution in [3.63, 3.8) is 0 Å². The summed E-state index contributed by atoms with van der Waals surface area (Å²) < 4.78 is 0. The Hall–Kier alpha value is -2.04. The average molecular weight is 393 g/mol. The molecule has 26 heavy (non-hydrogen) atoms. The van der Waals surface area contributed by atoms with Crippen LogP contribution in [-0.4, -0.2) is 17.4 Å². The number of aryl methyl sites for hydroxylation is 1. The zero-order valence-corrected chi connectivity index (χ0v) is 16.5. The summed E-state index contributed by atoms with van der Waals surface area (Å²) in [6.07, 6.45) is 0.781. The number of rotatable bonds is 5. The van der Waals surface area contributed by atoms with E-state index in [1.807, 2.05) is 32.9 Å². The number of anilines is 1. The van der Waals surface area contributed by atoms with E-state index in [4.69, 9.17) is 23.2 Å². The first-order valence-corrected chi connectivity index (χ1v) is 9.06. The molecule has 0 saturated carbocycles. The summed E-state index contributed by atoms with van der Waals surface area (Å²) in [5.41, 5.74) is 1.72. The number of carbonyl (C=O) groups excluding carboxylic acids is 2. The maximum Gasteiger partial charge on any atom is 0.251 e. The van der Waals surface area contributed by atoms with E-state index < -0.39 is 0 Å². The van der Waals surface area contributed by atoms with E-state index in [1.54, 1.807) is 30.3 Å². The molecule has 2 aromatic rings. The SMILES string of the molecule is CC(C)(C)NC(=O)c1ccc(NC(=O)CCc2cccc(Cl)c2Cl)cc1. The molecule has 2 aromatic carbocycles. The molecule has 2 N–H and O–H groups in total. The first-order chi connectivity index (χ1) is 12.2. The molecular formula is C20H22Cl2N2O2. The van der Waals surface area contributed by atoms with Crippen LogP contribution in [0, 0.1) is 0 Å². The Labute approximate surface area is 163 Å². The van der Waals surface area contributed by atoms with Crippen molar-refractivity contribution < 1.29 is 9.59 Å². The van der Waals surface area contributed by atoms with Gasteiger partial charge in [-0.1, -0.05) is 35.3 Å². The zero-order chi connectivity index (χ0) is 19.3. The van der Waals surface area contributed by atoms with Crippen LogP contribution in [0.25, 0.3) is 0 Å². The fraction of sp³-hybridized carbons (Fsp3) is 0.300. The maximum absolute atomic E-state index is 12.1. The molecule has 0 bridgehead atoms. The molecule has 0 aliphatic rings. The van der Waals surface area contributed by atoms with Gasteiger partial charge in [0.1, 0.15) is 0 Å². The van der Waals surface area contributed by atoms with Crippen LogP contribution >= 0.6 is 23.2 Å². The third-order valence-corrected chi connectivity index (χ3v) is 4.43. The van der Waals surface area contributed by atoms with E-state index in [9.17, 15) is 9.59 Å². The van der Waals surface area contributed by atoms with E-state index in [1.165, 1.54) is 0 Å². The minimum Gasteiger partial charge on any atom is -0.347 e. The summed E-state index contributed by atoms with van der Waals surface area (Å²) in [5.74, 6) is -0.279. The fourth-order valence-electron chi connectivity index (χ4n) is 2.33. The second-order valence-electron chi connectivity index (χ2n) is 7.04. The van der Waals surface area contributed by atoms with Gasteiger partial charge in [-0.2, -0.15) is 0 Å².